The summed E-state index contributed by atoms with van der Waals surface area (Å²) in [6, 6.07) is 12.4. The lowest BCUT2D eigenvalue weighted by Gasteiger charge is -2.21. The van der Waals surface area contributed by atoms with E-state index in [0.29, 0.717) is 29.0 Å². The number of nitrogens with one attached hydrogen (secondary N) is 1. The second kappa shape index (κ2) is 9.61. The maximum atomic E-state index is 15.3. The number of nitrogen functional groups attached to an aromatic ring is 1. The number of pyridine rings is 1. The summed E-state index contributed by atoms with van der Waals surface area (Å²) in [7, 11) is -3.73. The molecule has 1 saturated carbocycles. The van der Waals surface area contributed by atoms with Crippen LogP contribution in [0.1, 0.15) is 41.8 Å². The lowest BCUT2D eigenvalue weighted by Crippen LogP contribution is -2.32. The Morgan fingerprint density at radius 1 is 1.27 bits per heavy atom. The molecule has 0 bridgehead atoms. The number of aliphatic hydroxyl groups is 2. The summed E-state index contributed by atoms with van der Waals surface area (Å²) >= 11 is 7.68. The number of anilines is 1. The highest BCUT2D eigenvalue weighted by Gasteiger charge is 2.39. The first-order valence-corrected chi connectivity index (χ1v) is 14.3. The summed E-state index contributed by atoms with van der Waals surface area (Å²) < 4.78 is 44.7. The van der Waals surface area contributed by atoms with E-state index in [1.807, 2.05) is 18.2 Å². The van der Waals surface area contributed by atoms with E-state index in [0.717, 1.165) is 15.6 Å². The smallest absolute Gasteiger partial charge is 0.215 e. The zero-order chi connectivity index (χ0) is 26.5. The van der Waals surface area contributed by atoms with Crippen molar-refractivity contribution in [1.29, 1.82) is 0 Å². The van der Waals surface area contributed by atoms with Gasteiger partial charge in [0, 0.05) is 31.9 Å². The summed E-state index contributed by atoms with van der Waals surface area (Å²) in [6.07, 6.45) is 2.65. The molecule has 5 rings (SSSR count). The first-order valence-electron chi connectivity index (χ1n) is 11.6. The number of thiophene rings is 1. The van der Waals surface area contributed by atoms with Gasteiger partial charge in [-0.25, -0.2) is 17.5 Å². The Morgan fingerprint density at radius 2 is 2.03 bits per heavy atom. The Kier molecular flexibility index (Phi) is 6.76. The van der Waals surface area contributed by atoms with Crippen molar-refractivity contribution in [2.45, 2.75) is 36.7 Å². The molecule has 0 spiro atoms. The third-order valence-corrected chi connectivity index (χ3v) is 10.00. The van der Waals surface area contributed by atoms with Gasteiger partial charge in [-0.05, 0) is 61.0 Å². The summed E-state index contributed by atoms with van der Waals surface area (Å²) in [5, 5.41) is 20.4. The number of hydrogen-bond acceptors (Lipinski definition) is 7. The number of aliphatic hydroxyl groups excluding tert-OH is 1. The molecule has 1 aliphatic rings. The van der Waals surface area contributed by atoms with Gasteiger partial charge in [0.2, 0.25) is 10.0 Å². The predicted molar refractivity (Wildman–Crippen MR) is 144 cm³/mol. The van der Waals surface area contributed by atoms with Crippen LogP contribution in [0.15, 0.2) is 54.7 Å². The average Bonchev–Trinajstić information content (AvgIpc) is 3.65. The van der Waals surface area contributed by atoms with Crippen LogP contribution >= 0.6 is 22.9 Å². The van der Waals surface area contributed by atoms with Crippen molar-refractivity contribution in [3.05, 3.63) is 81.6 Å². The molecule has 2 aromatic heterocycles. The van der Waals surface area contributed by atoms with Crippen LogP contribution in [0.5, 0.6) is 0 Å². The van der Waals surface area contributed by atoms with Crippen molar-refractivity contribution in [1.82, 2.24) is 9.71 Å². The molecule has 194 valence electrons. The summed E-state index contributed by atoms with van der Waals surface area (Å²) in [5.74, 6) is -0.769. The van der Waals surface area contributed by atoms with Gasteiger partial charge in [0.25, 0.3) is 0 Å². The molecule has 0 aliphatic heterocycles. The molecule has 11 heteroatoms. The number of nitrogens with two attached hydrogens (primary N) is 1. The quantitative estimate of drug-likeness (QED) is 0.231. The number of benzene rings is 2. The maximum absolute atomic E-state index is 15.3. The van der Waals surface area contributed by atoms with Crippen LogP contribution < -0.4 is 10.5 Å². The van der Waals surface area contributed by atoms with Gasteiger partial charge in [0.1, 0.15) is 5.60 Å². The number of aromatic nitrogens is 1. The molecule has 0 radical (unpaired) electrons. The fourth-order valence-corrected chi connectivity index (χ4v) is 7.28. The number of fused-ring (bicyclic) bond motifs is 1. The predicted octanol–water partition coefficient (Wildman–Crippen LogP) is 4.71. The number of rotatable bonds is 8. The van der Waals surface area contributed by atoms with E-state index in [9.17, 15) is 18.6 Å². The van der Waals surface area contributed by atoms with Gasteiger partial charge in [-0.2, -0.15) is 0 Å². The summed E-state index contributed by atoms with van der Waals surface area (Å²) in [5.41, 5.74) is 6.02. The second-order valence-corrected chi connectivity index (χ2v) is 12.9. The van der Waals surface area contributed by atoms with Gasteiger partial charge in [-0.15, -0.1) is 11.3 Å². The average molecular weight is 562 g/mol. The van der Waals surface area contributed by atoms with E-state index in [-0.39, 0.29) is 16.3 Å². The minimum atomic E-state index is -3.73. The minimum absolute atomic E-state index is 0.0295. The van der Waals surface area contributed by atoms with Crippen molar-refractivity contribution in [2.75, 3.05) is 12.3 Å². The second-order valence-electron chi connectivity index (χ2n) is 9.39. The molecule has 37 heavy (non-hydrogen) atoms. The molecule has 0 saturated heterocycles. The molecular weight excluding hydrogens is 537 g/mol. The molecule has 5 N–H and O–H groups in total. The Labute approximate surface area is 222 Å². The number of nitrogens with zero attached hydrogens (tertiary/aromatic N) is 1. The lowest BCUT2D eigenvalue weighted by atomic mass is 9.96. The fraction of sp³-hybridized carbons (Fsp3) is 0.269. The van der Waals surface area contributed by atoms with Crippen molar-refractivity contribution in [3.8, 4) is 11.3 Å². The largest absolute Gasteiger partial charge is 0.396 e. The standard InChI is InChI=1S/C26H25ClFN3O4S2/c1-26(33,13-32)15-9-10-30-20(12-15)17-4-2-3-14-11-21(36-25(14)17)24(31-37(34,35)16-5-6-16)22-18(27)7-8-19(29)23(22)28/h2-4,7-12,16,24,31-33H,5-6,13,29H2,1H3/t24?,26-/m1/s1. The molecule has 1 unspecified atom stereocenters. The fourth-order valence-electron chi connectivity index (χ4n) is 4.18. The van der Waals surface area contributed by atoms with Gasteiger partial charge in [-0.3, -0.25) is 4.98 Å². The van der Waals surface area contributed by atoms with Crippen LogP contribution in [-0.2, 0) is 15.6 Å². The molecule has 7 nitrogen and oxygen atoms in total. The van der Waals surface area contributed by atoms with Gasteiger partial charge >= 0.3 is 0 Å². The molecule has 2 aromatic carbocycles. The number of sulfonamides is 1. The van der Waals surface area contributed by atoms with Gasteiger partial charge in [0.05, 0.1) is 29.3 Å². The van der Waals surface area contributed by atoms with Crippen molar-refractivity contribution in [3.63, 3.8) is 0 Å². The van der Waals surface area contributed by atoms with Crippen molar-refractivity contribution in [2.24, 2.45) is 0 Å². The van der Waals surface area contributed by atoms with Crippen LogP contribution in [0, 0.1) is 5.82 Å². The number of hydrogen-bond donors (Lipinski definition) is 4. The van der Waals surface area contributed by atoms with Gasteiger partial charge in [-0.1, -0.05) is 29.8 Å². The third-order valence-electron chi connectivity index (χ3n) is 6.50. The van der Waals surface area contributed by atoms with Crippen LogP contribution in [-0.4, -0.2) is 35.5 Å². The Hall–Kier alpha value is -2.60. The van der Waals surface area contributed by atoms with E-state index in [1.165, 1.54) is 30.4 Å². The van der Waals surface area contributed by atoms with Crippen LogP contribution in [0.3, 0.4) is 0 Å². The zero-order valence-electron chi connectivity index (χ0n) is 19.8. The monoisotopic (exact) mass is 561 g/mol. The topological polar surface area (TPSA) is 126 Å². The highest BCUT2D eigenvalue weighted by Crippen LogP contribution is 2.42. The molecule has 0 amide bonds. The molecule has 4 aromatic rings. The van der Waals surface area contributed by atoms with E-state index in [2.05, 4.69) is 9.71 Å². The van der Waals surface area contributed by atoms with E-state index < -0.39 is 39.3 Å². The highest BCUT2D eigenvalue weighted by atomic mass is 35.5. The number of halogens is 2. The minimum Gasteiger partial charge on any atom is -0.396 e. The Morgan fingerprint density at radius 3 is 2.73 bits per heavy atom. The third kappa shape index (κ3) is 4.97. The SMILES string of the molecule is C[C@@](O)(CO)c1ccnc(-c2cccc3cc(C(NS(=O)(=O)C4CC4)c4c(Cl)ccc(N)c4F)sc23)c1. The maximum Gasteiger partial charge on any atom is 0.215 e. The van der Waals surface area contributed by atoms with Gasteiger partial charge < -0.3 is 15.9 Å². The van der Waals surface area contributed by atoms with Crippen LogP contribution in [0.2, 0.25) is 5.02 Å². The van der Waals surface area contributed by atoms with Crippen LogP contribution in [0.25, 0.3) is 21.3 Å². The lowest BCUT2D eigenvalue weighted by molar-refractivity contribution is -0.00230. The van der Waals surface area contributed by atoms with E-state index in [1.54, 1.807) is 24.4 Å². The van der Waals surface area contributed by atoms with Crippen molar-refractivity contribution < 1.29 is 23.0 Å². The molecule has 1 aliphatic carbocycles. The van der Waals surface area contributed by atoms with E-state index >= 15 is 4.39 Å². The zero-order valence-corrected chi connectivity index (χ0v) is 22.2. The Balaban J connectivity index is 1.67. The van der Waals surface area contributed by atoms with E-state index in [4.69, 9.17) is 17.3 Å². The normalized spacial score (nSPS) is 16.6. The highest BCUT2D eigenvalue weighted by molar-refractivity contribution is 7.90. The summed E-state index contributed by atoms with van der Waals surface area (Å²) in [4.78, 5) is 4.99. The molecule has 1 fully saturated rings. The molecular formula is C26H25ClFN3O4S2. The van der Waals surface area contributed by atoms with Crippen molar-refractivity contribution >= 4 is 48.7 Å². The summed E-state index contributed by atoms with van der Waals surface area (Å²) in [6.45, 7) is 1.05. The molecule has 2 heterocycles. The first kappa shape index (κ1) is 26.0. The van der Waals surface area contributed by atoms with Gasteiger partial charge in [0.15, 0.2) is 5.82 Å². The Bertz CT molecular complexity index is 1600. The first-order chi connectivity index (χ1) is 17.5. The van der Waals surface area contributed by atoms with Crippen LogP contribution in [0.4, 0.5) is 10.1 Å². The molecule has 2 atom stereocenters.